The Bertz CT molecular complexity index is 436. The summed E-state index contributed by atoms with van der Waals surface area (Å²) in [5.41, 5.74) is 4.82. The van der Waals surface area contributed by atoms with Gasteiger partial charge >= 0.3 is 0 Å². The summed E-state index contributed by atoms with van der Waals surface area (Å²) in [4.78, 5) is 4.47. The van der Waals surface area contributed by atoms with Gasteiger partial charge in [-0.05, 0) is 38.5 Å². The molecular weight excluding hydrogens is 295 g/mol. The molecule has 2 aliphatic carbocycles. The molecule has 0 aromatic rings. The van der Waals surface area contributed by atoms with Crippen molar-refractivity contribution in [2.45, 2.75) is 67.8 Å². The minimum atomic E-state index is -1.27. The summed E-state index contributed by atoms with van der Waals surface area (Å²) >= 11 is 6.29. The Kier molecular flexibility index (Phi) is 4.19. The van der Waals surface area contributed by atoms with Crippen molar-refractivity contribution in [3.05, 3.63) is 0 Å². The second-order valence-corrected chi connectivity index (χ2v) is 7.33. The number of ether oxygens (including phenoxy) is 1. The largest absolute Gasteiger partial charge is 0.385 e. The van der Waals surface area contributed by atoms with E-state index in [9.17, 15) is 9.50 Å². The lowest BCUT2D eigenvalue weighted by Crippen LogP contribution is -2.59. The van der Waals surface area contributed by atoms with Crippen molar-refractivity contribution in [2.24, 2.45) is 22.6 Å². The van der Waals surface area contributed by atoms with Crippen molar-refractivity contribution < 1.29 is 14.2 Å². The highest BCUT2D eigenvalue weighted by molar-refractivity contribution is 6.20. The molecule has 3 rings (SSSR count). The molecule has 0 aromatic heterocycles. The number of rotatable bonds is 2. The molecule has 6 heteroatoms. The molecule has 21 heavy (non-hydrogen) atoms. The molecule has 0 bridgehead atoms. The highest BCUT2D eigenvalue weighted by atomic mass is 35.5. The predicted molar refractivity (Wildman–Crippen MR) is 80.4 cm³/mol. The molecule has 0 amide bonds. The summed E-state index contributed by atoms with van der Waals surface area (Å²) < 4.78 is 19.4. The molecule has 120 valence electrons. The van der Waals surface area contributed by atoms with E-state index in [1.807, 2.05) is 0 Å². The van der Waals surface area contributed by atoms with Crippen molar-refractivity contribution in [2.75, 3.05) is 7.11 Å². The Hall–Kier alpha value is -0.390. The zero-order valence-electron chi connectivity index (χ0n) is 12.3. The van der Waals surface area contributed by atoms with E-state index in [0.29, 0.717) is 19.3 Å². The van der Waals surface area contributed by atoms with Crippen LogP contribution in [0.4, 0.5) is 4.39 Å². The number of fused-ring (bicyclic) bond motifs is 1. The Labute approximate surface area is 129 Å². The van der Waals surface area contributed by atoms with E-state index in [4.69, 9.17) is 22.1 Å². The lowest BCUT2D eigenvalue weighted by molar-refractivity contribution is -0.105. The third kappa shape index (κ3) is 2.47. The third-order valence-corrected chi connectivity index (χ3v) is 6.02. The maximum absolute atomic E-state index is 13.9. The fraction of sp³-hybridized carbons (Fsp3) is 0.933. The van der Waals surface area contributed by atoms with Crippen LogP contribution in [0.3, 0.4) is 0 Å². The summed E-state index contributed by atoms with van der Waals surface area (Å²) in [5.74, 6) is -0.196. The van der Waals surface area contributed by atoms with E-state index < -0.39 is 11.8 Å². The van der Waals surface area contributed by atoms with Gasteiger partial charge in [0.15, 0.2) is 0 Å². The molecule has 0 spiro atoms. The van der Waals surface area contributed by atoms with Crippen molar-refractivity contribution in [3.8, 4) is 0 Å². The van der Waals surface area contributed by atoms with Crippen molar-refractivity contribution in [1.29, 1.82) is 0 Å². The summed E-state index contributed by atoms with van der Waals surface area (Å²) in [6, 6.07) is 0.0162. The van der Waals surface area contributed by atoms with Crippen LogP contribution in [-0.2, 0) is 4.74 Å². The second kappa shape index (κ2) is 5.67. The minimum Gasteiger partial charge on any atom is -0.385 e. The van der Waals surface area contributed by atoms with Crippen LogP contribution in [0, 0.1) is 11.8 Å². The fourth-order valence-corrected chi connectivity index (χ4v) is 4.82. The summed E-state index contributed by atoms with van der Waals surface area (Å²) in [6.45, 7) is 0. The van der Waals surface area contributed by atoms with Gasteiger partial charge in [-0.25, -0.2) is 4.39 Å². The minimum absolute atomic E-state index is 0.0162. The molecule has 0 saturated heterocycles. The molecule has 0 aromatic carbocycles. The highest BCUT2D eigenvalue weighted by Gasteiger charge is 2.58. The van der Waals surface area contributed by atoms with Gasteiger partial charge in [0.05, 0.1) is 12.1 Å². The van der Waals surface area contributed by atoms with Crippen LogP contribution in [0.5, 0.6) is 0 Å². The maximum atomic E-state index is 13.9. The van der Waals surface area contributed by atoms with Gasteiger partial charge in [-0.1, -0.05) is 0 Å². The number of aliphatic hydroxyl groups is 1. The summed E-state index contributed by atoms with van der Waals surface area (Å²) in [5, 5.41) is 11.4. The number of hydrogen-bond acceptors (Lipinski definition) is 4. The van der Waals surface area contributed by atoms with Gasteiger partial charge in [-0.2, -0.15) is 0 Å². The second-order valence-electron chi connectivity index (χ2n) is 6.71. The van der Waals surface area contributed by atoms with Crippen molar-refractivity contribution in [3.63, 3.8) is 0 Å². The normalized spacial score (nSPS) is 50.6. The maximum Gasteiger partial charge on any atom is 0.131 e. The first-order valence-electron chi connectivity index (χ1n) is 7.83. The number of alkyl halides is 2. The van der Waals surface area contributed by atoms with Crippen LogP contribution in [0.2, 0.25) is 0 Å². The first-order chi connectivity index (χ1) is 9.96. The Morgan fingerprint density at radius 3 is 2.76 bits per heavy atom. The van der Waals surface area contributed by atoms with Gasteiger partial charge < -0.3 is 15.6 Å². The van der Waals surface area contributed by atoms with Gasteiger partial charge in [0.2, 0.25) is 0 Å². The van der Waals surface area contributed by atoms with Crippen LogP contribution in [0.1, 0.15) is 38.5 Å². The lowest BCUT2D eigenvalue weighted by Gasteiger charge is -2.46. The molecule has 0 radical (unpaired) electrons. The summed E-state index contributed by atoms with van der Waals surface area (Å²) in [7, 11) is 1.62. The van der Waals surface area contributed by atoms with Crippen molar-refractivity contribution >= 4 is 17.4 Å². The SMILES string of the molecule is COC1CCC(F)CC1C1(O)C(N)=NC2CCC(Cl)CC21. The summed E-state index contributed by atoms with van der Waals surface area (Å²) in [6.07, 6.45) is 2.69. The van der Waals surface area contributed by atoms with Crippen LogP contribution in [0.15, 0.2) is 4.99 Å². The van der Waals surface area contributed by atoms with Crippen LogP contribution < -0.4 is 5.73 Å². The topological polar surface area (TPSA) is 67.8 Å². The number of nitrogens with zero attached hydrogens (tertiary/aromatic N) is 1. The monoisotopic (exact) mass is 318 g/mol. The Balaban J connectivity index is 1.91. The van der Waals surface area contributed by atoms with E-state index in [-0.39, 0.29) is 41.6 Å². The zero-order chi connectivity index (χ0) is 15.2. The molecule has 4 nitrogen and oxygen atoms in total. The van der Waals surface area contributed by atoms with E-state index in [2.05, 4.69) is 4.99 Å². The van der Waals surface area contributed by atoms with E-state index in [1.165, 1.54) is 0 Å². The molecule has 2 saturated carbocycles. The van der Waals surface area contributed by atoms with Crippen molar-refractivity contribution in [1.82, 2.24) is 0 Å². The smallest absolute Gasteiger partial charge is 0.131 e. The number of nitrogens with two attached hydrogens (primary N) is 1. The highest BCUT2D eigenvalue weighted by Crippen LogP contribution is 2.49. The first kappa shape index (κ1) is 15.5. The Morgan fingerprint density at radius 2 is 2.05 bits per heavy atom. The molecule has 7 atom stereocenters. The van der Waals surface area contributed by atoms with E-state index >= 15 is 0 Å². The molecule has 1 heterocycles. The lowest BCUT2D eigenvalue weighted by atomic mass is 9.65. The standard InChI is InChI=1S/C15H24ClFN2O2/c1-21-13-5-3-9(17)7-11(13)15(20)10-6-8(16)2-4-12(10)19-14(15)18/h8-13,20H,2-7H2,1H3,(H2,18,19). The third-order valence-electron chi connectivity index (χ3n) is 5.62. The average molecular weight is 319 g/mol. The molecule has 7 unspecified atom stereocenters. The zero-order valence-corrected chi connectivity index (χ0v) is 13.1. The molecule has 1 aliphatic heterocycles. The Morgan fingerprint density at radius 1 is 1.29 bits per heavy atom. The first-order valence-corrected chi connectivity index (χ1v) is 8.27. The number of halogens is 2. The number of amidine groups is 1. The number of hydrogen-bond donors (Lipinski definition) is 2. The average Bonchev–Trinajstić information content (AvgIpc) is 2.72. The fourth-order valence-electron chi connectivity index (χ4n) is 4.50. The number of aliphatic imine (C=N–C) groups is 1. The van der Waals surface area contributed by atoms with Crippen LogP contribution in [0.25, 0.3) is 0 Å². The number of methoxy groups -OCH3 is 1. The molecule has 3 aliphatic rings. The molecular formula is C15H24ClFN2O2. The van der Waals surface area contributed by atoms with Gasteiger partial charge in [-0.15, -0.1) is 11.6 Å². The van der Waals surface area contributed by atoms with Crippen LogP contribution in [-0.4, -0.2) is 47.3 Å². The van der Waals surface area contributed by atoms with E-state index in [1.54, 1.807) is 7.11 Å². The van der Waals surface area contributed by atoms with Gasteiger partial charge in [-0.3, -0.25) is 4.99 Å². The molecule has 3 N–H and O–H groups in total. The molecule has 2 fully saturated rings. The van der Waals surface area contributed by atoms with Gasteiger partial charge in [0.1, 0.15) is 17.6 Å². The predicted octanol–water partition coefficient (Wildman–Crippen LogP) is 2.02. The van der Waals surface area contributed by atoms with Gasteiger partial charge in [0.25, 0.3) is 0 Å². The quantitative estimate of drug-likeness (QED) is 0.765. The van der Waals surface area contributed by atoms with E-state index in [0.717, 1.165) is 12.8 Å². The van der Waals surface area contributed by atoms with Crippen LogP contribution >= 0.6 is 11.6 Å². The van der Waals surface area contributed by atoms with Gasteiger partial charge in [0, 0.05) is 24.3 Å².